The first-order valence-corrected chi connectivity index (χ1v) is 5.89. The maximum Gasteiger partial charge on any atom is 0.0399 e. The third kappa shape index (κ3) is 2.51. The number of hydrogen-bond acceptors (Lipinski definition) is 2. The van der Waals surface area contributed by atoms with Crippen LogP contribution in [0.4, 0.5) is 5.69 Å². The van der Waals surface area contributed by atoms with E-state index >= 15 is 0 Å². The van der Waals surface area contributed by atoms with E-state index in [1.807, 2.05) is 7.05 Å². The quantitative estimate of drug-likeness (QED) is 0.807. The Hall–Kier alpha value is -1.02. The lowest BCUT2D eigenvalue weighted by Gasteiger charge is -2.21. The summed E-state index contributed by atoms with van der Waals surface area (Å²) < 4.78 is 0. The van der Waals surface area contributed by atoms with Crippen LogP contribution in [0.3, 0.4) is 0 Å². The lowest BCUT2D eigenvalue weighted by atomic mass is 10.1. The summed E-state index contributed by atoms with van der Waals surface area (Å²) in [6.45, 7) is 3.53. The van der Waals surface area contributed by atoms with Crippen molar-refractivity contribution in [3.63, 3.8) is 0 Å². The van der Waals surface area contributed by atoms with Crippen LogP contribution in [0, 0.1) is 0 Å². The van der Waals surface area contributed by atoms with Crippen molar-refractivity contribution < 1.29 is 0 Å². The number of nitrogens with one attached hydrogen (secondary N) is 1. The van der Waals surface area contributed by atoms with Crippen molar-refractivity contribution in [2.24, 2.45) is 0 Å². The zero-order chi connectivity index (χ0) is 10.5. The predicted octanol–water partition coefficient (Wildman–Crippen LogP) is 2.05. The van der Waals surface area contributed by atoms with E-state index in [2.05, 4.69) is 34.5 Å². The van der Waals surface area contributed by atoms with Crippen LogP contribution < -0.4 is 10.2 Å². The first-order valence-electron chi connectivity index (χ1n) is 5.89. The molecular weight excluding hydrogens is 184 g/mol. The van der Waals surface area contributed by atoms with Gasteiger partial charge in [0, 0.05) is 18.8 Å². The van der Waals surface area contributed by atoms with E-state index in [4.69, 9.17) is 0 Å². The van der Waals surface area contributed by atoms with Crippen molar-refractivity contribution in [1.29, 1.82) is 0 Å². The van der Waals surface area contributed by atoms with Gasteiger partial charge in [-0.3, -0.25) is 0 Å². The highest BCUT2D eigenvalue weighted by Crippen LogP contribution is 2.24. The summed E-state index contributed by atoms with van der Waals surface area (Å²) >= 11 is 0. The lowest BCUT2D eigenvalue weighted by Crippen LogP contribution is -2.20. The number of para-hydroxylation sites is 1. The molecule has 0 radical (unpaired) electrons. The maximum atomic E-state index is 3.22. The maximum absolute atomic E-state index is 3.22. The second-order valence-corrected chi connectivity index (χ2v) is 4.18. The first kappa shape index (κ1) is 10.5. The van der Waals surface area contributed by atoms with Gasteiger partial charge in [-0.2, -0.15) is 0 Å². The Morgan fingerprint density at radius 1 is 1.20 bits per heavy atom. The lowest BCUT2D eigenvalue weighted by molar-refractivity contribution is 0.787. The third-order valence-electron chi connectivity index (χ3n) is 3.08. The molecule has 1 N–H and O–H groups in total. The number of hydrogen-bond donors (Lipinski definition) is 1. The molecular formula is C13H20N2. The molecule has 2 nitrogen and oxygen atoms in total. The molecule has 2 rings (SSSR count). The molecule has 0 aliphatic carbocycles. The van der Waals surface area contributed by atoms with Gasteiger partial charge < -0.3 is 10.2 Å². The number of benzene rings is 1. The van der Waals surface area contributed by atoms with Crippen LogP contribution in [-0.2, 0) is 6.42 Å². The molecule has 0 aromatic heterocycles. The molecule has 0 bridgehead atoms. The largest absolute Gasteiger partial charge is 0.371 e. The smallest absolute Gasteiger partial charge is 0.0399 e. The van der Waals surface area contributed by atoms with Crippen LogP contribution >= 0.6 is 0 Å². The molecule has 0 atom stereocenters. The fraction of sp³-hybridized carbons (Fsp3) is 0.538. The molecule has 0 spiro atoms. The van der Waals surface area contributed by atoms with Crippen LogP contribution in [0.15, 0.2) is 24.3 Å². The van der Waals surface area contributed by atoms with Crippen molar-refractivity contribution in [2.75, 3.05) is 31.6 Å². The molecule has 0 saturated carbocycles. The molecule has 1 heterocycles. The van der Waals surface area contributed by atoms with Crippen LogP contribution in [0.25, 0.3) is 0 Å². The summed E-state index contributed by atoms with van der Waals surface area (Å²) in [6, 6.07) is 8.81. The molecule has 82 valence electrons. The Bertz CT molecular complexity index is 303. The van der Waals surface area contributed by atoms with E-state index in [9.17, 15) is 0 Å². The van der Waals surface area contributed by atoms with Gasteiger partial charge in [0.1, 0.15) is 0 Å². The van der Waals surface area contributed by atoms with Crippen LogP contribution in [0.2, 0.25) is 0 Å². The highest BCUT2D eigenvalue weighted by atomic mass is 15.1. The van der Waals surface area contributed by atoms with Gasteiger partial charge in [-0.1, -0.05) is 18.2 Å². The minimum atomic E-state index is 1.06. The highest BCUT2D eigenvalue weighted by Gasteiger charge is 2.14. The standard InChI is InChI=1S/C13H20N2/c1-14-9-8-12-6-2-3-7-13(12)15-10-4-5-11-15/h2-3,6-7,14H,4-5,8-11H2,1H3. The van der Waals surface area contributed by atoms with E-state index in [0.29, 0.717) is 0 Å². The molecule has 1 aromatic rings. The molecule has 1 fully saturated rings. The Labute approximate surface area is 92.3 Å². The molecule has 1 aliphatic heterocycles. The Kier molecular flexibility index (Phi) is 3.62. The monoisotopic (exact) mass is 204 g/mol. The van der Waals surface area contributed by atoms with Gasteiger partial charge in [0.2, 0.25) is 0 Å². The van der Waals surface area contributed by atoms with E-state index in [1.165, 1.54) is 37.2 Å². The number of nitrogens with zero attached hydrogens (tertiary/aromatic N) is 1. The molecule has 0 unspecified atom stereocenters. The summed E-state index contributed by atoms with van der Waals surface area (Å²) in [7, 11) is 2.01. The number of anilines is 1. The minimum Gasteiger partial charge on any atom is -0.371 e. The summed E-state index contributed by atoms with van der Waals surface area (Å²) in [6.07, 6.45) is 3.82. The molecule has 1 saturated heterocycles. The van der Waals surface area contributed by atoms with Gasteiger partial charge in [0.15, 0.2) is 0 Å². The minimum absolute atomic E-state index is 1.06. The van der Waals surface area contributed by atoms with Gasteiger partial charge >= 0.3 is 0 Å². The molecule has 15 heavy (non-hydrogen) atoms. The zero-order valence-corrected chi connectivity index (χ0v) is 9.50. The highest BCUT2D eigenvalue weighted by molar-refractivity contribution is 5.54. The Balaban J connectivity index is 2.13. The second-order valence-electron chi connectivity index (χ2n) is 4.18. The average molecular weight is 204 g/mol. The first-order chi connectivity index (χ1) is 7.42. The number of likely N-dealkylation sites (N-methyl/N-ethyl adjacent to an activating group) is 1. The van der Waals surface area contributed by atoms with E-state index < -0.39 is 0 Å². The summed E-state index contributed by atoms with van der Waals surface area (Å²) in [4.78, 5) is 2.52. The van der Waals surface area contributed by atoms with Gasteiger partial charge in [-0.25, -0.2) is 0 Å². The van der Waals surface area contributed by atoms with Crippen molar-refractivity contribution in [1.82, 2.24) is 5.32 Å². The van der Waals surface area contributed by atoms with Crippen molar-refractivity contribution in [3.8, 4) is 0 Å². The fourth-order valence-electron chi connectivity index (χ4n) is 2.25. The topological polar surface area (TPSA) is 15.3 Å². The van der Waals surface area contributed by atoms with Gasteiger partial charge in [-0.15, -0.1) is 0 Å². The van der Waals surface area contributed by atoms with Crippen molar-refractivity contribution in [2.45, 2.75) is 19.3 Å². The molecule has 0 amide bonds. The second kappa shape index (κ2) is 5.17. The van der Waals surface area contributed by atoms with Crippen LogP contribution in [0.1, 0.15) is 18.4 Å². The van der Waals surface area contributed by atoms with Gasteiger partial charge in [0.05, 0.1) is 0 Å². The van der Waals surface area contributed by atoms with Crippen molar-refractivity contribution >= 4 is 5.69 Å². The Morgan fingerprint density at radius 3 is 2.67 bits per heavy atom. The fourth-order valence-corrected chi connectivity index (χ4v) is 2.25. The van der Waals surface area contributed by atoms with Gasteiger partial charge in [0.25, 0.3) is 0 Å². The van der Waals surface area contributed by atoms with Gasteiger partial charge in [-0.05, 0) is 44.5 Å². The summed E-state index contributed by atoms with van der Waals surface area (Å²) in [5.41, 5.74) is 2.93. The van der Waals surface area contributed by atoms with E-state index in [1.54, 1.807) is 0 Å². The van der Waals surface area contributed by atoms with E-state index in [-0.39, 0.29) is 0 Å². The van der Waals surface area contributed by atoms with Crippen LogP contribution in [-0.4, -0.2) is 26.7 Å². The zero-order valence-electron chi connectivity index (χ0n) is 9.50. The molecule has 1 aliphatic rings. The van der Waals surface area contributed by atoms with Crippen LogP contribution in [0.5, 0.6) is 0 Å². The third-order valence-corrected chi connectivity index (χ3v) is 3.08. The Morgan fingerprint density at radius 2 is 1.93 bits per heavy atom. The average Bonchev–Trinajstić information content (AvgIpc) is 2.80. The SMILES string of the molecule is CNCCc1ccccc1N1CCCC1. The molecule has 1 aromatic carbocycles. The van der Waals surface area contributed by atoms with E-state index in [0.717, 1.165) is 13.0 Å². The number of rotatable bonds is 4. The van der Waals surface area contributed by atoms with Crippen molar-refractivity contribution in [3.05, 3.63) is 29.8 Å². The predicted molar refractivity (Wildman–Crippen MR) is 65.5 cm³/mol. The summed E-state index contributed by atoms with van der Waals surface area (Å²) in [5, 5.41) is 3.22. The normalized spacial score (nSPS) is 15.9. The molecule has 2 heteroatoms. The summed E-state index contributed by atoms with van der Waals surface area (Å²) in [5.74, 6) is 0.